The van der Waals surface area contributed by atoms with Crippen molar-refractivity contribution in [2.75, 3.05) is 5.32 Å². The van der Waals surface area contributed by atoms with Crippen LogP contribution in [-0.4, -0.2) is 5.91 Å². The van der Waals surface area contributed by atoms with Crippen LogP contribution in [0.3, 0.4) is 0 Å². The maximum atomic E-state index is 12.9. The average molecular weight is 399 g/mol. The van der Waals surface area contributed by atoms with Crippen LogP contribution in [0.1, 0.15) is 48.8 Å². The molecule has 1 aromatic carbocycles. The Morgan fingerprint density at radius 1 is 1.26 bits per heavy atom. The number of fused-ring (bicyclic) bond motifs is 3. The van der Waals surface area contributed by atoms with Crippen molar-refractivity contribution in [1.82, 2.24) is 0 Å². The van der Waals surface area contributed by atoms with Crippen LogP contribution in [0, 0.1) is 42.9 Å². The molecule has 0 saturated heterocycles. The van der Waals surface area contributed by atoms with Crippen molar-refractivity contribution in [3.05, 3.63) is 39.9 Å². The van der Waals surface area contributed by atoms with Crippen LogP contribution in [0.5, 0.6) is 0 Å². The third-order valence-corrected chi connectivity index (χ3v) is 7.85. The predicted molar refractivity (Wildman–Crippen MR) is 111 cm³/mol. The van der Waals surface area contributed by atoms with Crippen LogP contribution >= 0.6 is 22.9 Å². The molecule has 5 heteroatoms. The second-order valence-corrected chi connectivity index (χ2v) is 9.39. The molecule has 1 heterocycles. The van der Waals surface area contributed by atoms with Gasteiger partial charge < -0.3 is 5.32 Å². The molecule has 3 nitrogen and oxygen atoms in total. The topological polar surface area (TPSA) is 52.9 Å². The molecular formula is C22H23ClN2OS. The Morgan fingerprint density at radius 3 is 2.63 bits per heavy atom. The van der Waals surface area contributed by atoms with E-state index in [0.717, 1.165) is 40.8 Å². The molecule has 3 saturated carbocycles. The predicted octanol–water partition coefficient (Wildman–Crippen LogP) is 6.32. The number of carbonyl (C=O) groups excluding carboxylic acids is 1. The summed E-state index contributed by atoms with van der Waals surface area (Å²) in [4.78, 5) is 13.8. The molecule has 3 fully saturated rings. The van der Waals surface area contributed by atoms with Crippen molar-refractivity contribution in [1.29, 1.82) is 5.26 Å². The van der Waals surface area contributed by atoms with Crippen molar-refractivity contribution in [3.63, 3.8) is 0 Å². The number of nitrogens with zero attached hydrogens (tertiary/aromatic N) is 1. The number of thiophene rings is 1. The van der Waals surface area contributed by atoms with E-state index < -0.39 is 0 Å². The van der Waals surface area contributed by atoms with E-state index in [-0.39, 0.29) is 11.8 Å². The summed E-state index contributed by atoms with van der Waals surface area (Å²) in [5, 5.41) is 13.7. The lowest BCUT2D eigenvalue weighted by atomic mass is 9.64. The molecule has 1 amide bonds. The highest BCUT2D eigenvalue weighted by Gasteiger charge is 2.39. The minimum Gasteiger partial charge on any atom is -0.316 e. The number of nitriles is 1. The van der Waals surface area contributed by atoms with Gasteiger partial charge in [-0.2, -0.15) is 5.26 Å². The van der Waals surface area contributed by atoms with Crippen molar-refractivity contribution in [2.24, 2.45) is 17.8 Å². The van der Waals surface area contributed by atoms with E-state index in [0.29, 0.717) is 27.4 Å². The number of carbonyl (C=O) groups is 1. The van der Waals surface area contributed by atoms with Crippen LogP contribution in [0.25, 0.3) is 10.4 Å². The van der Waals surface area contributed by atoms with Crippen LogP contribution in [0.4, 0.5) is 5.00 Å². The molecule has 5 rings (SSSR count). The molecule has 2 aromatic rings. The zero-order valence-corrected chi connectivity index (χ0v) is 17.2. The number of benzene rings is 1. The van der Waals surface area contributed by atoms with E-state index in [4.69, 9.17) is 11.6 Å². The second kappa shape index (κ2) is 7.30. The monoisotopic (exact) mass is 398 g/mol. The smallest absolute Gasteiger partial charge is 0.228 e. The Labute approximate surface area is 169 Å². The Kier molecular flexibility index (Phi) is 5.01. The van der Waals surface area contributed by atoms with Crippen LogP contribution in [-0.2, 0) is 4.79 Å². The van der Waals surface area contributed by atoms with Gasteiger partial charge in [-0.15, -0.1) is 11.3 Å². The highest BCUT2D eigenvalue weighted by Crippen LogP contribution is 2.47. The maximum absolute atomic E-state index is 12.9. The lowest BCUT2D eigenvalue weighted by Crippen LogP contribution is -2.38. The first-order valence-electron chi connectivity index (χ1n) is 9.58. The molecule has 0 spiro atoms. The fraction of sp³-hybridized carbons (Fsp3) is 0.455. The summed E-state index contributed by atoms with van der Waals surface area (Å²) in [7, 11) is 0. The fourth-order valence-corrected chi connectivity index (χ4v) is 6.19. The molecule has 1 atom stereocenters. The summed E-state index contributed by atoms with van der Waals surface area (Å²) in [5.74, 6) is 1.33. The number of aryl methyl sites for hydroxylation is 2. The number of amides is 1. The quantitative estimate of drug-likeness (QED) is 0.657. The van der Waals surface area contributed by atoms with Gasteiger partial charge in [0.15, 0.2) is 0 Å². The van der Waals surface area contributed by atoms with Crippen LogP contribution < -0.4 is 5.32 Å². The van der Waals surface area contributed by atoms with Crippen molar-refractivity contribution >= 4 is 33.8 Å². The third kappa shape index (κ3) is 3.39. The molecule has 3 aliphatic rings. The number of anilines is 1. The number of rotatable bonds is 3. The van der Waals surface area contributed by atoms with Gasteiger partial charge in [-0.05, 0) is 56.1 Å². The van der Waals surface area contributed by atoms with Crippen molar-refractivity contribution in [2.45, 2.75) is 46.0 Å². The van der Waals surface area contributed by atoms with E-state index in [9.17, 15) is 10.1 Å². The molecule has 3 aliphatic carbocycles. The van der Waals surface area contributed by atoms with E-state index in [1.807, 2.05) is 13.8 Å². The second-order valence-electron chi connectivity index (χ2n) is 7.99. The molecule has 140 valence electrons. The van der Waals surface area contributed by atoms with Gasteiger partial charge in [0.05, 0.1) is 9.90 Å². The summed E-state index contributed by atoms with van der Waals surface area (Å²) in [6, 6.07) is 8.40. The van der Waals surface area contributed by atoms with Gasteiger partial charge in [-0.1, -0.05) is 48.2 Å². The third-order valence-electron chi connectivity index (χ3n) is 6.22. The molecule has 0 radical (unpaired) electrons. The molecule has 1 aromatic heterocycles. The molecule has 0 unspecified atom stereocenters. The van der Waals surface area contributed by atoms with E-state index in [1.165, 1.54) is 24.2 Å². The Morgan fingerprint density at radius 2 is 2.00 bits per heavy atom. The van der Waals surface area contributed by atoms with Crippen LogP contribution in [0.15, 0.2) is 18.2 Å². The van der Waals surface area contributed by atoms with E-state index in [1.54, 1.807) is 0 Å². The van der Waals surface area contributed by atoms with Gasteiger partial charge in [0.25, 0.3) is 0 Å². The van der Waals surface area contributed by atoms with Gasteiger partial charge in [0.1, 0.15) is 16.6 Å². The first kappa shape index (κ1) is 18.5. The number of hydrogen-bond donors (Lipinski definition) is 1. The maximum Gasteiger partial charge on any atom is 0.228 e. The zero-order valence-electron chi connectivity index (χ0n) is 15.6. The number of nitrogens with one attached hydrogen (secondary N) is 1. The summed E-state index contributed by atoms with van der Waals surface area (Å²) >= 11 is 7.97. The summed E-state index contributed by atoms with van der Waals surface area (Å²) in [6.07, 6.45) is 5.83. The summed E-state index contributed by atoms with van der Waals surface area (Å²) in [6.45, 7) is 4.07. The number of hydrogen-bond acceptors (Lipinski definition) is 3. The Bertz CT molecular complexity index is 935. The SMILES string of the molecule is Cc1ccc(C)c(-c2sc(NC(=O)[C@@H]3C[C@H]4CC[C@@H]3CC4)c(C#N)c2Cl)c1. The van der Waals surface area contributed by atoms with E-state index in [2.05, 4.69) is 29.6 Å². The molecular weight excluding hydrogens is 376 g/mol. The largest absolute Gasteiger partial charge is 0.316 e. The molecule has 27 heavy (non-hydrogen) atoms. The van der Waals surface area contributed by atoms with E-state index >= 15 is 0 Å². The number of halogens is 1. The standard InChI is InChI=1S/C22H23ClN2OS/c1-12-3-4-13(2)16(9-12)20-19(23)18(11-24)22(27-20)25-21(26)17-10-14-5-7-15(17)8-6-14/h3-4,9,14-15,17H,5-8,10H2,1-2H3,(H,25,26)/t14-,15+,17-/m1/s1. The minimum atomic E-state index is 0.0614. The first-order valence-corrected chi connectivity index (χ1v) is 10.8. The van der Waals surface area contributed by atoms with Gasteiger partial charge in [-0.3, -0.25) is 4.79 Å². The van der Waals surface area contributed by atoms with Gasteiger partial charge in [-0.25, -0.2) is 0 Å². The Balaban J connectivity index is 1.65. The zero-order chi connectivity index (χ0) is 19.1. The fourth-order valence-electron chi connectivity index (χ4n) is 4.66. The lowest BCUT2D eigenvalue weighted by Gasteiger charge is -2.41. The summed E-state index contributed by atoms with van der Waals surface area (Å²) < 4.78 is 0. The highest BCUT2D eigenvalue weighted by atomic mass is 35.5. The molecule has 1 N–H and O–H groups in total. The Hall–Kier alpha value is -1.83. The van der Waals surface area contributed by atoms with Crippen LogP contribution in [0.2, 0.25) is 5.02 Å². The van der Waals surface area contributed by atoms with Crippen molar-refractivity contribution < 1.29 is 4.79 Å². The summed E-state index contributed by atoms with van der Waals surface area (Å²) in [5.41, 5.74) is 3.66. The van der Waals surface area contributed by atoms with Gasteiger partial charge >= 0.3 is 0 Å². The normalized spacial score (nSPS) is 23.9. The van der Waals surface area contributed by atoms with Gasteiger partial charge in [0, 0.05) is 5.92 Å². The molecule has 2 bridgehead atoms. The minimum absolute atomic E-state index is 0.0614. The first-order chi connectivity index (χ1) is 13.0. The van der Waals surface area contributed by atoms with Gasteiger partial charge in [0.2, 0.25) is 5.91 Å². The van der Waals surface area contributed by atoms with Crippen molar-refractivity contribution in [3.8, 4) is 16.5 Å². The highest BCUT2D eigenvalue weighted by molar-refractivity contribution is 7.20. The molecule has 0 aliphatic heterocycles. The average Bonchev–Trinajstić information content (AvgIpc) is 2.99. The lowest BCUT2D eigenvalue weighted by molar-refractivity contribution is -0.124.